The highest BCUT2D eigenvalue weighted by atomic mass is 128. The molecular weight excluding hydrogens is 532 g/mol. The summed E-state index contributed by atoms with van der Waals surface area (Å²) < 4.78 is 5.01. The molecule has 0 aromatic carbocycles. The van der Waals surface area contributed by atoms with Gasteiger partial charge in [-0.15, -0.1) is 0 Å². The Morgan fingerprint density at radius 1 is 0.833 bits per heavy atom. The predicted molar refractivity (Wildman–Crippen MR) is 65.2 cm³/mol. The van der Waals surface area contributed by atoms with Crippen molar-refractivity contribution in [3.63, 3.8) is 0 Å². The van der Waals surface area contributed by atoms with Crippen LogP contribution < -0.4 is 0 Å². The zero-order valence-corrected chi connectivity index (χ0v) is 11.3. The van der Waals surface area contributed by atoms with Gasteiger partial charge in [-0.3, -0.25) is 0 Å². The van der Waals surface area contributed by atoms with Crippen molar-refractivity contribution < 1.29 is 0 Å². The number of halogens is 4. The molecule has 0 bridgehead atoms. The first-order chi connectivity index (χ1) is 3.00. The van der Waals surface area contributed by atoms with Gasteiger partial charge in [-0.2, -0.15) is 0 Å². The van der Waals surface area contributed by atoms with E-state index in [2.05, 4.69) is 8.17 Å². The van der Waals surface area contributed by atoms with Crippen molar-refractivity contribution >= 4 is 58.4 Å². The summed E-state index contributed by atoms with van der Waals surface area (Å²) in [6.45, 7) is 0. The summed E-state index contributed by atoms with van der Waals surface area (Å²) in [6.07, 6.45) is 0. The minimum Gasteiger partial charge on any atom is -0.0461 e. The van der Waals surface area contributed by atoms with Crippen molar-refractivity contribution in [2.45, 2.75) is 0 Å². The van der Waals surface area contributed by atoms with Crippen molar-refractivity contribution in [3.05, 3.63) is 8.17 Å². The lowest BCUT2D eigenvalue weighted by Crippen LogP contribution is -1.18. The molecular formula is C2H2I4. The van der Waals surface area contributed by atoms with Crippen molar-refractivity contribution in [3.8, 4) is 0 Å². The smallest absolute Gasteiger partial charge is 0.00682 e. The molecule has 38 valence electrons. The second-order valence-electron chi connectivity index (χ2n) is 0.525. The maximum atomic E-state index is 2.50. The summed E-state index contributed by atoms with van der Waals surface area (Å²) in [5.41, 5.74) is 0. The molecule has 1 rings (SSSR count). The van der Waals surface area contributed by atoms with Gasteiger partial charge in [-0.05, 0) is 66.6 Å². The molecule has 0 atom stereocenters. The van der Waals surface area contributed by atoms with Crippen LogP contribution in [0, 0.1) is 0 Å². The van der Waals surface area contributed by atoms with E-state index in [0.29, 0.717) is 0 Å². The summed E-state index contributed by atoms with van der Waals surface area (Å²) in [7, 11) is 0. The molecule has 0 aromatic rings. The second-order valence-corrected chi connectivity index (χ2v) is 41.7. The molecule has 0 N–H and O–H groups in total. The Kier molecular flexibility index (Phi) is 5.12. The van der Waals surface area contributed by atoms with Crippen LogP contribution in [0.1, 0.15) is 0 Å². The van der Waals surface area contributed by atoms with Crippen LogP contribution in [0.3, 0.4) is 0 Å². The quantitative estimate of drug-likeness (QED) is 0.412. The molecule has 0 radical (unpaired) electrons. The van der Waals surface area contributed by atoms with E-state index in [4.69, 9.17) is 0 Å². The normalized spacial score (nSPS) is 21.3. The van der Waals surface area contributed by atoms with E-state index in [1.807, 2.05) is 0 Å². The van der Waals surface area contributed by atoms with Crippen LogP contribution in [0.2, 0.25) is 0 Å². The van der Waals surface area contributed by atoms with Crippen LogP contribution >= 0.6 is 58.4 Å². The van der Waals surface area contributed by atoms with Crippen LogP contribution in [0.4, 0.5) is 0 Å². The van der Waals surface area contributed by atoms with Crippen molar-refractivity contribution in [1.82, 2.24) is 0 Å². The Morgan fingerprint density at radius 2 is 1.33 bits per heavy atom. The summed E-state index contributed by atoms with van der Waals surface area (Å²) in [4.78, 5) is 0. The number of hydrogen-bond donors (Lipinski definition) is 0. The Labute approximate surface area is 64.5 Å². The Balaban J connectivity index is 2.77. The van der Waals surface area contributed by atoms with E-state index in [-0.39, 0.29) is 0 Å². The monoisotopic (exact) mass is 534 g/mol. The van der Waals surface area contributed by atoms with E-state index in [1.54, 1.807) is 0 Å². The number of rotatable bonds is 0. The molecule has 1 heterocycles. The third kappa shape index (κ3) is 2.84. The van der Waals surface area contributed by atoms with Crippen LogP contribution in [-0.4, -0.2) is 0 Å². The Hall–Kier alpha value is 2.66. The summed E-state index contributed by atoms with van der Waals surface area (Å²) in [6, 6.07) is 0. The summed E-state index contributed by atoms with van der Waals surface area (Å²) in [5, 5.41) is 0. The van der Waals surface area contributed by atoms with Gasteiger partial charge in [-0.25, -0.2) is 0 Å². The maximum Gasteiger partial charge on any atom is -0.00682 e. The van der Waals surface area contributed by atoms with E-state index >= 15 is 0 Å². The highest BCUT2D eigenvalue weighted by molar-refractivity contribution is 15.4. The molecule has 6 heavy (non-hydrogen) atoms. The average molecular weight is 534 g/mol. The van der Waals surface area contributed by atoms with Crippen LogP contribution in [0.5, 0.6) is 0 Å². The van der Waals surface area contributed by atoms with E-state index in [1.165, 1.54) is 0 Å². The molecule has 0 amide bonds. The zero-order valence-electron chi connectivity index (χ0n) is 2.67. The second kappa shape index (κ2) is 4.53. The van der Waals surface area contributed by atoms with Gasteiger partial charge >= 0.3 is 0 Å². The first-order valence-corrected chi connectivity index (χ1v) is 22.5. The lowest BCUT2D eigenvalue weighted by atomic mass is 11.3. The maximum absolute atomic E-state index is 2.50. The fraction of sp³-hybridized carbons (Fsp3) is 0. The SMILES string of the molecule is C1=CI=II=I1. The van der Waals surface area contributed by atoms with E-state index in [9.17, 15) is 0 Å². The molecule has 0 saturated carbocycles. The first-order valence-electron chi connectivity index (χ1n) is 1.20. The van der Waals surface area contributed by atoms with Crippen molar-refractivity contribution in [2.24, 2.45) is 0 Å². The van der Waals surface area contributed by atoms with Crippen molar-refractivity contribution in [2.75, 3.05) is 0 Å². The molecule has 1 aliphatic heterocycles. The standard InChI is InChI=1S/C2H2I4/c1-2-4-6-5-3-1/h1-2H. The molecule has 0 aromatic heterocycles. The molecule has 0 fully saturated rings. The molecule has 0 unspecified atom stereocenters. The Bertz CT molecular complexity index is 74.9. The minimum atomic E-state index is 0.721. The van der Waals surface area contributed by atoms with E-state index in [0.717, 1.165) is 58.4 Å². The van der Waals surface area contributed by atoms with Crippen LogP contribution in [-0.2, 0) is 0 Å². The predicted octanol–water partition coefficient (Wildman–Crippen LogP) is 4.10. The number of hydrogen-bond acceptors (Lipinski definition) is 0. The molecule has 1 aliphatic rings. The zero-order chi connectivity index (χ0) is 4.24. The molecule has 0 spiro atoms. The lowest BCUT2D eigenvalue weighted by Gasteiger charge is -1.73. The first kappa shape index (κ1) is 6.78. The topological polar surface area (TPSA) is 0 Å². The fourth-order valence-corrected chi connectivity index (χ4v) is 69.5. The van der Waals surface area contributed by atoms with Gasteiger partial charge in [0.05, 0.1) is 0 Å². The minimum absolute atomic E-state index is 0.721. The fourth-order valence-electron chi connectivity index (χ4n) is 0.0956. The molecule has 0 saturated heterocycles. The summed E-state index contributed by atoms with van der Waals surface area (Å²) >= 11 is 3.23. The third-order valence-electron chi connectivity index (χ3n) is 0.226. The van der Waals surface area contributed by atoms with Gasteiger partial charge in [0.25, 0.3) is 0 Å². The van der Waals surface area contributed by atoms with Gasteiger partial charge in [0, 0.05) is 0 Å². The van der Waals surface area contributed by atoms with Gasteiger partial charge in [0.1, 0.15) is 0 Å². The summed E-state index contributed by atoms with van der Waals surface area (Å²) in [5.74, 6) is 0. The average Bonchev–Trinajstić information content (AvgIpc) is 1.72. The van der Waals surface area contributed by atoms with Crippen LogP contribution in [0.15, 0.2) is 8.17 Å². The van der Waals surface area contributed by atoms with Gasteiger partial charge in [-0.1, -0.05) is 0 Å². The third-order valence-corrected chi connectivity index (χ3v) is 66.6. The lowest BCUT2D eigenvalue weighted by molar-refractivity contribution is 2.72. The largest absolute Gasteiger partial charge is 0.0461 e. The van der Waals surface area contributed by atoms with E-state index < -0.39 is 0 Å². The van der Waals surface area contributed by atoms with Crippen LogP contribution in [0.25, 0.3) is 0 Å². The van der Waals surface area contributed by atoms with Gasteiger partial charge in [0.15, 0.2) is 0 Å². The van der Waals surface area contributed by atoms with Gasteiger partial charge in [0.2, 0.25) is 0 Å². The highest BCUT2D eigenvalue weighted by Gasteiger charge is 1.69. The molecule has 0 nitrogen and oxygen atoms in total. The van der Waals surface area contributed by atoms with Crippen molar-refractivity contribution in [1.29, 1.82) is 0 Å². The van der Waals surface area contributed by atoms with Gasteiger partial charge < -0.3 is 0 Å². The molecule has 0 aliphatic carbocycles. The molecule has 4 heteroatoms. The highest BCUT2D eigenvalue weighted by Crippen LogP contribution is 2.44. The Morgan fingerprint density at radius 3 is 1.50 bits per heavy atom.